The summed E-state index contributed by atoms with van der Waals surface area (Å²) in [5.41, 5.74) is 31.4. The number of ketones is 4. The molecule has 0 aromatic heterocycles. The number of para-hydroxylation sites is 18. The molecule has 0 atom stereocenters. The number of sulfone groups is 1. The number of fused-ring (bicyclic) bond motifs is 12. The molecule has 0 unspecified atom stereocenters. The molecule has 20 aromatic rings. The predicted octanol–water partition coefficient (Wildman–Crippen LogP) is 33.1. The van der Waals surface area contributed by atoms with Crippen molar-refractivity contribution in [3.05, 3.63) is 564 Å². The number of hydrogen-bond acceptors (Lipinski definition) is 14. The molecule has 4 heterocycles. The van der Waals surface area contributed by atoms with Gasteiger partial charge in [-0.05, 0) is 289 Å². The van der Waals surface area contributed by atoms with Gasteiger partial charge in [-0.3, -0.25) is 19.2 Å². The summed E-state index contributed by atoms with van der Waals surface area (Å²) >= 11 is 0. The van der Waals surface area contributed by atoms with Crippen LogP contribution < -0.4 is 39.2 Å². The number of nitrogens with zero attached hydrogens (tertiary/aromatic N) is 8. The van der Waals surface area contributed by atoms with Gasteiger partial charge in [0, 0.05) is 124 Å². The summed E-state index contributed by atoms with van der Waals surface area (Å²) in [5, 5.41) is 0. The minimum atomic E-state index is -3.82. The van der Waals surface area contributed by atoms with Gasteiger partial charge in [-0.2, -0.15) is 0 Å². The van der Waals surface area contributed by atoms with E-state index < -0.39 is 9.84 Å². The van der Waals surface area contributed by atoms with Gasteiger partial charge >= 0.3 is 0 Å². The summed E-state index contributed by atoms with van der Waals surface area (Å²) in [7, 11) is -3.82. The molecule has 0 radical (unpaired) electrons. The molecule has 0 amide bonds. The SMILES string of the molecule is CC1(C)c2ccccc2N(c2ccc3c(c2)C(=O)c2ccc(N4c5ccccc5C(C)(C)c5ccccc54)cc2C3=O)c2ccccc21.O=C1c2ccc(N(c3ccccc3)c3ccccc3)cc2C(=O)c2ccc(N(c3ccccc3)c3ccccc3)cc21.O=S(=O)(c1ccc(N2c3ccccc3N(c3ccccc3)c3ccccc32)cc1)c1ccc(N2c3ccccc3N(c3ccccc3)c3ccccc32)cc1. The minimum Gasteiger partial charge on any atom is -0.310 e. The molecule has 0 N–H and O–H groups in total. The highest BCUT2D eigenvalue weighted by molar-refractivity contribution is 7.91. The van der Waals surface area contributed by atoms with E-state index in [2.05, 4.69) is 237 Å². The number of hydrogen-bond donors (Lipinski definition) is 0. The Hall–Kier alpha value is -18.6. The van der Waals surface area contributed by atoms with E-state index >= 15 is 0 Å². The van der Waals surface area contributed by atoms with E-state index in [0.29, 0.717) is 44.5 Å². The zero-order valence-corrected chi connectivity index (χ0v) is 80.6. The fraction of sp³-hybridized carbons (Fsp3) is 0.0462. The van der Waals surface area contributed by atoms with E-state index in [0.717, 1.165) is 136 Å². The Morgan fingerprint density at radius 3 is 0.607 bits per heavy atom. The Morgan fingerprint density at radius 2 is 0.359 bits per heavy atom. The van der Waals surface area contributed by atoms with Crippen molar-refractivity contribution in [1.29, 1.82) is 0 Å². The quantitative estimate of drug-likeness (QED) is 0.102. The van der Waals surface area contributed by atoms with Crippen LogP contribution in [0.1, 0.15) is 114 Å². The number of anilines is 24. The van der Waals surface area contributed by atoms with Crippen molar-refractivity contribution in [2.45, 2.75) is 48.3 Å². The molecule has 2 aliphatic carbocycles. The van der Waals surface area contributed by atoms with Gasteiger partial charge in [0.2, 0.25) is 9.84 Å². The van der Waals surface area contributed by atoms with Crippen molar-refractivity contribution >= 4 is 169 Å². The van der Waals surface area contributed by atoms with Crippen LogP contribution in [0, 0.1) is 0 Å². The first-order valence-electron chi connectivity index (χ1n) is 48.6. The van der Waals surface area contributed by atoms with Crippen molar-refractivity contribution in [3.63, 3.8) is 0 Å². The molecule has 696 valence electrons. The first kappa shape index (κ1) is 89.1. The van der Waals surface area contributed by atoms with Crippen LogP contribution in [-0.4, -0.2) is 31.6 Å². The maximum atomic E-state index is 14.3. The van der Waals surface area contributed by atoms with E-state index in [9.17, 15) is 27.6 Å². The van der Waals surface area contributed by atoms with Gasteiger partial charge in [-0.25, -0.2) is 8.42 Å². The third-order valence-electron chi connectivity index (χ3n) is 28.6. The molecule has 145 heavy (non-hydrogen) atoms. The Balaban J connectivity index is 0.000000118. The monoisotopic (exact) mass is 1890 g/mol. The molecule has 20 aromatic carbocycles. The lowest BCUT2D eigenvalue weighted by atomic mass is 9.73. The largest absolute Gasteiger partial charge is 0.310 e. The maximum Gasteiger partial charge on any atom is 0.206 e. The lowest BCUT2D eigenvalue weighted by Gasteiger charge is -2.42. The summed E-state index contributed by atoms with van der Waals surface area (Å²) in [5.74, 6) is -0.569. The first-order chi connectivity index (χ1) is 70.9. The fourth-order valence-electron chi connectivity index (χ4n) is 21.7. The topological polar surface area (TPSA) is 128 Å². The zero-order chi connectivity index (χ0) is 98.4. The van der Waals surface area contributed by atoms with Crippen LogP contribution in [0.3, 0.4) is 0 Å². The van der Waals surface area contributed by atoms with Gasteiger partial charge in [-0.15, -0.1) is 0 Å². The van der Waals surface area contributed by atoms with Crippen LogP contribution >= 0.6 is 0 Å². The second-order valence-electron chi connectivity index (χ2n) is 37.7. The highest BCUT2D eigenvalue weighted by atomic mass is 32.2. The molecular weight excluding hydrogens is 1800 g/mol. The van der Waals surface area contributed by atoms with E-state index in [-0.39, 0.29) is 43.8 Å². The molecular formula is C130H94N8O6S. The normalized spacial score (nSPS) is 13.8. The van der Waals surface area contributed by atoms with Crippen LogP contribution in [0.5, 0.6) is 0 Å². The smallest absolute Gasteiger partial charge is 0.206 e. The Kier molecular flexibility index (Phi) is 22.3. The third-order valence-corrected chi connectivity index (χ3v) is 30.4. The summed E-state index contributed by atoms with van der Waals surface area (Å²) in [6.07, 6.45) is 0. The predicted molar refractivity (Wildman–Crippen MR) is 587 cm³/mol. The van der Waals surface area contributed by atoms with Gasteiger partial charge in [0.1, 0.15) is 0 Å². The third kappa shape index (κ3) is 15.3. The molecule has 15 heteroatoms. The molecule has 14 nitrogen and oxygen atoms in total. The average molecular weight is 1900 g/mol. The lowest BCUT2D eigenvalue weighted by molar-refractivity contribution is 0.0979. The van der Waals surface area contributed by atoms with Gasteiger partial charge in [0.25, 0.3) is 0 Å². The summed E-state index contributed by atoms with van der Waals surface area (Å²) in [4.78, 5) is 74.4. The number of carbonyl (C=O) groups excluding carboxylic acids is 4. The van der Waals surface area contributed by atoms with Crippen LogP contribution in [0.2, 0.25) is 0 Å². The van der Waals surface area contributed by atoms with Crippen molar-refractivity contribution in [3.8, 4) is 0 Å². The molecule has 0 spiro atoms. The van der Waals surface area contributed by atoms with Gasteiger partial charge in [-0.1, -0.05) is 258 Å². The molecule has 0 saturated carbocycles. The van der Waals surface area contributed by atoms with E-state index in [1.165, 1.54) is 22.3 Å². The number of carbonyl (C=O) groups is 4. The Labute approximate surface area is 842 Å². The summed E-state index contributed by atoms with van der Waals surface area (Å²) in [6, 6.07) is 165. The molecule has 0 saturated heterocycles. The Bertz CT molecular complexity index is 7880. The van der Waals surface area contributed by atoms with Crippen molar-refractivity contribution in [2.75, 3.05) is 39.2 Å². The maximum absolute atomic E-state index is 14.3. The van der Waals surface area contributed by atoms with Crippen LogP contribution in [-0.2, 0) is 20.7 Å². The molecule has 6 aliphatic rings. The van der Waals surface area contributed by atoms with Gasteiger partial charge < -0.3 is 39.2 Å². The van der Waals surface area contributed by atoms with E-state index in [4.69, 9.17) is 0 Å². The number of rotatable bonds is 14. The zero-order valence-electron chi connectivity index (χ0n) is 79.8. The highest BCUT2D eigenvalue weighted by Gasteiger charge is 2.43. The van der Waals surface area contributed by atoms with Crippen LogP contribution in [0.25, 0.3) is 0 Å². The van der Waals surface area contributed by atoms with Crippen molar-refractivity contribution < 1.29 is 27.6 Å². The molecule has 0 bridgehead atoms. The van der Waals surface area contributed by atoms with Gasteiger partial charge in [0.05, 0.1) is 78.0 Å². The summed E-state index contributed by atoms with van der Waals surface area (Å²) in [6.45, 7) is 9.02. The Morgan fingerprint density at radius 1 is 0.172 bits per heavy atom. The summed E-state index contributed by atoms with van der Waals surface area (Å²) < 4.78 is 28.3. The molecule has 4 aliphatic heterocycles. The molecule has 0 fully saturated rings. The highest BCUT2D eigenvalue weighted by Crippen LogP contribution is 2.59. The van der Waals surface area contributed by atoms with E-state index in [1.54, 1.807) is 36.4 Å². The average Bonchev–Trinajstić information content (AvgIpc) is 0.710. The second kappa shape index (κ2) is 36.3. The standard InChI is InChI=1S/C48H34N4O2S.C44H34N2O2.C38H26N2O2/c53-55(54,39-31-27-37(28-32-39)51-45-23-11-7-19-41(45)49(35-15-3-1-4-16-35)42-20-8-12-24-46(42)51)40-33-29-38(30-34-40)52-47-25-13-9-21-43(47)50(36-17-5-2-6-18-36)44-22-10-14-26-48(44)52;1-43(2)33-13-5-9-17-37(33)45(38-18-10-6-14-34(38)43)27-21-23-29-31(25-27)41(47)30-24-22-28(26-32(30)42(29)48)46-39-19-11-7-15-35(39)44(3,4)36-16-8-12-20-40(36)46;41-37-34-24-22-32(40(29-17-9-3-10-18-29)30-19-11-4-12-20-30)26-36(34)38(42)33-23-21-31(25-35(33)37)39(27-13-5-1-6-14-27)28-15-7-2-8-16-28/h1-34H;5-26H,1-4H3;1-26H. The van der Waals surface area contributed by atoms with Crippen molar-refractivity contribution in [2.24, 2.45) is 0 Å². The first-order valence-corrected chi connectivity index (χ1v) is 50.1. The molecule has 26 rings (SSSR count). The van der Waals surface area contributed by atoms with Crippen LogP contribution in [0.15, 0.2) is 507 Å². The second-order valence-corrected chi connectivity index (χ2v) is 39.6. The fourth-order valence-corrected chi connectivity index (χ4v) is 23.0. The van der Waals surface area contributed by atoms with Gasteiger partial charge in [0.15, 0.2) is 23.1 Å². The minimum absolute atomic E-state index is 0.132. The van der Waals surface area contributed by atoms with E-state index in [1.807, 2.05) is 291 Å². The number of benzene rings is 20. The van der Waals surface area contributed by atoms with Crippen molar-refractivity contribution in [1.82, 2.24) is 0 Å². The lowest BCUT2D eigenvalue weighted by Crippen LogP contribution is -2.31. The van der Waals surface area contributed by atoms with Crippen LogP contribution in [0.4, 0.5) is 136 Å².